The van der Waals surface area contributed by atoms with Crippen molar-refractivity contribution in [2.24, 2.45) is 0 Å². The van der Waals surface area contributed by atoms with Gasteiger partial charge in [-0.2, -0.15) is 0 Å². The molecule has 2 nitrogen and oxygen atoms in total. The molecule has 0 unspecified atom stereocenters. The highest BCUT2D eigenvalue weighted by atomic mass is 79.9. The van der Waals surface area contributed by atoms with Crippen molar-refractivity contribution in [3.8, 4) is 0 Å². The number of pyridine rings is 1. The van der Waals surface area contributed by atoms with E-state index in [1.54, 1.807) is 0 Å². The molecule has 2 rings (SSSR count). The highest BCUT2D eigenvalue weighted by molar-refractivity contribution is 9.10. The minimum atomic E-state index is 0.677. The van der Waals surface area contributed by atoms with Crippen LogP contribution in [0.15, 0.2) is 22.8 Å². The van der Waals surface area contributed by atoms with Crippen LogP contribution in [0.4, 0.5) is 5.82 Å². The topological polar surface area (TPSA) is 16.1 Å². The molecular formula is C13H19BrN2. The van der Waals surface area contributed by atoms with Gasteiger partial charge in [-0.25, -0.2) is 4.98 Å². The summed E-state index contributed by atoms with van der Waals surface area (Å²) in [6.07, 6.45) is 10.0. The number of halogens is 1. The Hall–Kier alpha value is -0.570. The van der Waals surface area contributed by atoms with Crippen molar-refractivity contribution < 1.29 is 0 Å². The molecule has 1 fully saturated rings. The minimum Gasteiger partial charge on any atom is -0.357 e. The van der Waals surface area contributed by atoms with Gasteiger partial charge in [-0.15, -0.1) is 0 Å². The molecule has 0 aromatic carbocycles. The molecule has 0 aliphatic heterocycles. The van der Waals surface area contributed by atoms with E-state index in [2.05, 4.69) is 45.0 Å². The molecule has 0 spiro atoms. The molecule has 3 heteroatoms. The summed E-state index contributed by atoms with van der Waals surface area (Å²) in [6, 6.07) is 4.83. The number of anilines is 1. The molecule has 0 saturated heterocycles. The highest BCUT2D eigenvalue weighted by Gasteiger charge is 2.17. The molecular weight excluding hydrogens is 264 g/mol. The van der Waals surface area contributed by atoms with E-state index in [1.165, 1.54) is 38.5 Å². The van der Waals surface area contributed by atoms with E-state index in [4.69, 9.17) is 0 Å². The summed E-state index contributed by atoms with van der Waals surface area (Å²) >= 11 is 3.42. The Bertz CT molecular complexity index is 315. The first-order chi connectivity index (χ1) is 7.77. The molecule has 0 radical (unpaired) electrons. The summed E-state index contributed by atoms with van der Waals surface area (Å²) < 4.78 is 1.05. The Labute approximate surface area is 106 Å². The molecule has 1 aromatic heterocycles. The third kappa shape index (κ3) is 2.97. The third-order valence-electron chi connectivity index (χ3n) is 3.45. The van der Waals surface area contributed by atoms with Crippen molar-refractivity contribution in [2.45, 2.75) is 44.6 Å². The molecule has 1 aliphatic carbocycles. The lowest BCUT2D eigenvalue weighted by Gasteiger charge is -2.28. The Balaban J connectivity index is 2.04. The van der Waals surface area contributed by atoms with Crippen LogP contribution in [0.25, 0.3) is 0 Å². The van der Waals surface area contributed by atoms with Gasteiger partial charge >= 0.3 is 0 Å². The molecule has 88 valence electrons. The minimum absolute atomic E-state index is 0.677. The lowest BCUT2D eigenvalue weighted by Crippen LogP contribution is -2.31. The molecule has 0 N–H and O–H groups in total. The van der Waals surface area contributed by atoms with Gasteiger partial charge in [-0.05, 0) is 40.9 Å². The maximum absolute atomic E-state index is 4.46. The standard InChI is InChI=1S/C13H19BrN2/c1-16(12-6-4-2-3-5-7-12)13-9-8-11(14)10-15-13/h8-10,12H,2-7H2,1H3. The summed E-state index contributed by atoms with van der Waals surface area (Å²) in [4.78, 5) is 6.81. The van der Waals surface area contributed by atoms with E-state index < -0.39 is 0 Å². The summed E-state index contributed by atoms with van der Waals surface area (Å²) in [5, 5.41) is 0. The summed E-state index contributed by atoms with van der Waals surface area (Å²) in [6.45, 7) is 0. The zero-order valence-electron chi connectivity index (χ0n) is 9.82. The van der Waals surface area contributed by atoms with Crippen LogP contribution in [0, 0.1) is 0 Å². The summed E-state index contributed by atoms with van der Waals surface area (Å²) in [7, 11) is 2.17. The smallest absolute Gasteiger partial charge is 0.128 e. The first kappa shape index (κ1) is 11.9. The zero-order chi connectivity index (χ0) is 11.4. The van der Waals surface area contributed by atoms with Crippen molar-refractivity contribution in [3.63, 3.8) is 0 Å². The molecule has 0 atom stereocenters. The van der Waals surface area contributed by atoms with E-state index in [-0.39, 0.29) is 0 Å². The number of hydrogen-bond acceptors (Lipinski definition) is 2. The number of hydrogen-bond donors (Lipinski definition) is 0. The molecule has 1 aliphatic rings. The highest BCUT2D eigenvalue weighted by Crippen LogP contribution is 2.24. The van der Waals surface area contributed by atoms with Crippen molar-refractivity contribution in [1.82, 2.24) is 4.98 Å². The molecule has 0 bridgehead atoms. The number of rotatable bonds is 2. The van der Waals surface area contributed by atoms with Crippen LogP contribution in [-0.4, -0.2) is 18.1 Å². The fourth-order valence-electron chi connectivity index (χ4n) is 2.41. The fraction of sp³-hybridized carbons (Fsp3) is 0.615. The van der Waals surface area contributed by atoms with Crippen LogP contribution in [0.2, 0.25) is 0 Å². The molecule has 0 amide bonds. The zero-order valence-corrected chi connectivity index (χ0v) is 11.4. The molecule has 1 saturated carbocycles. The van der Waals surface area contributed by atoms with E-state index in [1.807, 2.05) is 6.20 Å². The number of aromatic nitrogens is 1. The van der Waals surface area contributed by atoms with Gasteiger partial charge in [0.15, 0.2) is 0 Å². The van der Waals surface area contributed by atoms with Crippen molar-refractivity contribution in [1.29, 1.82) is 0 Å². The van der Waals surface area contributed by atoms with E-state index in [0.717, 1.165) is 10.3 Å². The summed E-state index contributed by atoms with van der Waals surface area (Å²) in [5.41, 5.74) is 0. The second-order valence-corrected chi connectivity index (χ2v) is 5.51. The van der Waals surface area contributed by atoms with Crippen LogP contribution < -0.4 is 4.90 Å². The monoisotopic (exact) mass is 282 g/mol. The van der Waals surface area contributed by atoms with Gasteiger partial charge in [0.05, 0.1) is 0 Å². The summed E-state index contributed by atoms with van der Waals surface area (Å²) in [5.74, 6) is 1.09. The van der Waals surface area contributed by atoms with Crippen molar-refractivity contribution in [3.05, 3.63) is 22.8 Å². The van der Waals surface area contributed by atoms with Crippen LogP contribution in [0.3, 0.4) is 0 Å². The van der Waals surface area contributed by atoms with Gasteiger partial charge in [0.25, 0.3) is 0 Å². The Morgan fingerprint density at radius 2 is 1.88 bits per heavy atom. The Morgan fingerprint density at radius 3 is 2.44 bits per heavy atom. The van der Waals surface area contributed by atoms with Gasteiger partial charge in [-0.1, -0.05) is 25.7 Å². The van der Waals surface area contributed by atoms with E-state index in [0.29, 0.717) is 6.04 Å². The average molecular weight is 283 g/mol. The lowest BCUT2D eigenvalue weighted by molar-refractivity contribution is 0.549. The van der Waals surface area contributed by atoms with Gasteiger partial charge < -0.3 is 4.90 Å². The van der Waals surface area contributed by atoms with Crippen molar-refractivity contribution >= 4 is 21.7 Å². The van der Waals surface area contributed by atoms with Crippen LogP contribution in [0.1, 0.15) is 38.5 Å². The predicted molar refractivity (Wildman–Crippen MR) is 71.8 cm³/mol. The molecule has 1 heterocycles. The van der Waals surface area contributed by atoms with Gasteiger partial charge in [0.1, 0.15) is 5.82 Å². The second-order valence-electron chi connectivity index (χ2n) is 4.59. The van der Waals surface area contributed by atoms with Gasteiger partial charge in [0.2, 0.25) is 0 Å². The quantitative estimate of drug-likeness (QED) is 0.762. The lowest BCUT2D eigenvalue weighted by atomic mass is 10.1. The van der Waals surface area contributed by atoms with E-state index >= 15 is 0 Å². The maximum Gasteiger partial charge on any atom is 0.128 e. The van der Waals surface area contributed by atoms with Gasteiger partial charge in [0, 0.05) is 23.8 Å². The van der Waals surface area contributed by atoms with Crippen LogP contribution in [-0.2, 0) is 0 Å². The first-order valence-corrected chi connectivity index (χ1v) is 6.91. The van der Waals surface area contributed by atoms with Crippen LogP contribution >= 0.6 is 15.9 Å². The predicted octanol–water partition coefficient (Wildman–Crippen LogP) is 4.00. The first-order valence-electron chi connectivity index (χ1n) is 6.12. The Morgan fingerprint density at radius 1 is 1.19 bits per heavy atom. The fourth-order valence-corrected chi connectivity index (χ4v) is 2.64. The second kappa shape index (κ2) is 5.67. The third-order valence-corrected chi connectivity index (χ3v) is 3.91. The number of nitrogens with zero attached hydrogens (tertiary/aromatic N) is 2. The largest absolute Gasteiger partial charge is 0.357 e. The van der Waals surface area contributed by atoms with Crippen molar-refractivity contribution in [2.75, 3.05) is 11.9 Å². The SMILES string of the molecule is CN(c1ccc(Br)cn1)C1CCCCCC1. The van der Waals surface area contributed by atoms with Gasteiger partial charge in [-0.3, -0.25) is 0 Å². The van der Waals surface area contributed by atoms with E-state index in [9.17, 15) is 0 Å². The molecule has 1 aromatic rings. The Kier molecular flexibility index (Phi) is 4.22. The maximum atomic E-state index is 4.46. The van der Waals surface area contributed by atoms with Crippen LogP contribution in [0.5, 0.6) is 0 Å². The average Bonchev–Trinajstić information content (AvgIpc) is 2.57. The molecule has 16 heavy (non-hydrogen) atoms. The normalized spacial score (nSPS) is 18.1.